The van der Waals surface area contributed by atoms with Gasteiger partial charge in [-0.1, -0.05) is 38.1 Å². The molecule has 0 heterocycles. The molecule has 0 aromatic heterocycles. The molecule has 0 spiro atoms. The van der Waals surface area contributed by atoms with Gasteiger partial charge in [0.05, 0.1) is 7.11 Å². The van der Waals surface area contributed by atoms with Gasteiger partial charge in [-0.3, -0.25) is 9.59 Å². The highest BCUT2D eigenvalue weighted by Crippen LogP contribution is 2.06. The number of methoxy groups -OCH3 is 1. The van der Waals surface area contributed by atoms with Gasteiger partial charge in [0.15, 0.2) is 0 Å². The summed E-state index contributed by atoms with van der Waals surface area (Å²) in [5.41, 5.74) is 0.452. The number of hydrogen-bond donors (Lipinski definition) is 2. The van der Waals surface area contributed by atoms with Crippen LogP contribution in [0.4, 0.5) is 0 Å². The molecule has 6 heteroatoms. The van der Waals surface area contributed by atoms with Crippen LogP contribution in [-0.2, 0) is 14.3 Å². The van der Waals surface area contributed by atoms with Crippen molar-refractivity contribution < 1.29 is 19.1 Å². The Morgan fingerprint density at radius 1 is 1.17 bits per heavy atom. The van der Waals surface area contributed by atoms with Crippen LogP contribution in [0.5, 0.6) is 0 Å². The number of rotatable bonds is 8. The van der Waals surface area contributed by atoms with Gasteiger partial charge in [0, 0.05) is 5.56 Å². The fourth-order valence-corrected chi connectivity index (χ4v) is 2.11. The average molecular weight is 332 g/mol. The number of hydrogen-bond acceptors (Lipinski definition) is 4. The molecule has 1 aromatic rings. The minimum absolute atomic E-state index is 0.143. The Labute approximate surface area is 142 Å². The molecule has 1 rings (SSSR count). The summed E-state index contributed by atoms with van der Waals surface area (Å²) in [6.07, 6.45) is 1.79. The van der Waals surface area contributed by atoms with E-state index in [-0.39, 0.29) is 18.2 Å². The van der Waals surface area contributed by atoms with Crippen LogP contribution in [0, 0.1) is 5.92 Å². The molecular weight excluding hydrogens is 308 g/mol. The van der Waals surface area contributed by atoms with Gasteiger partial charge in [-0.2, -0.15) is 0 Å². The molecule has 1 aromatic carbocycles. The number of carbonyl (C=O) groups excluding carboxylic acids is 3. The van der Waals surface area contributed by atoms with Crippen molar-refractivity contribution in [1.82, 2.24) is 10.6 Å². The lowest BCUT2D eigenvalue weighted by Gasteiger charge is -2.23. The van der Waals surface area contributed by atoms with E-state index in [9.17, 15) is 14.4 Å². The van der Waals surface area contributed by atoms with E-state index < -0.39 is 24.0 Å². The molecule has 2 atom stereocenters. The van der Waals surface area contributed by atoms with Crippen LogP contribution in [0.1, 0.15) is 30.6 Å². The molecule has 24 heavy (non-hydrogen) atoms. The molecular formula is C18H24N2O4. The highest BCUT2D eigenvalue weighted by Gasteiger charge is 2.28. The first kappa shape index (κ1) is 19.4. The van der Waals surface area contributed by atoms with Crippen LogP contribution in [0.15, 0.2) is 43.0 Å². The maximum absolute atomic E-state index is 12.5. The summed E-state index contributed by atoms with van der Waals surface area (Å²) in [6, 6.07) is 7.00. The zero-order valence-electron chi connectivity index (χ0n) is 14.2. The summed E-state index contributed by atoms with van der Waals surface area (Å²) in [4.78, 5) is 36.4. The minimum Gasteiger partial charge on any atom is -0.467 e. The van der Waals surface area contributed by atoms with Crippen LogP contribution < -0.4 is 10.6 Å². The van der Waals surface area contributed by atoms with E-state index in [4.69, 9.17) is 4.74 Å². The number of benzene rings is 1. The Balaban J connectivity index is 2.82. The number of amides is 2. The molecule has 0 saturated carbocycles. The van der Waals surface area contributed by atoms with E-state index in [0.29, 0.717) is 5.56 Å². The third-order valence-electron chi connectivity index (χ3n) is 3.48. The zero-order chi connectivity index (χ0) is 18.1. The van der Waals surface area contributed by atoms with Gasteiger partial charge < -0.3 is 15.4 Å². The summed E-state index contributed by atoms with van der Waals surface area (Å²) >= 11 is 0. The lowest BCUT2D eigenvalue weighted by atomic mass is 10.0. The van der Waals surface area contributed by atoms with Crippen LogP contribution >= 0.6 is 0 Å². The van der Waals surface area contributed by atoms with Crippen molar-refractivity contribution in [2.75, 3.05) is 7.11 Å². The summed E-state index contributed by atoms with van der Waals surface area (Å²) in [5.74, 6) is -1.49. The fourth-order valence-electron chi connectivity index (χ4n) is 2.11. The van der Waals surface area contributed by atoms with Crippen molar-refractivity contribution in [3.63, 3.8) is 0 Å². The van der Waals surface area contributed by atoms with E-state index in [0.717, 1.165) is 0 Å². The first-order valence-electron chi connectivity index (χ1n) is 7.75. The monoisotopic (exact) mass is 332 g/mol. The third kappa shape index (κ3) is 5.53. The topological polar surface area (TPSA) is 84.5 Å². The Kier molecular flexibility index (Phi) is 7.68. The van der Waals surface area contributed by atoms with Crippen molar-refractivity contribution >= 4 is 17.8 Å². The highest BCUT2D eigenvalue weighted by atomic mass is 16.5. The van der Waals surface area contributed by atoms with Gasteiger partial charge >= 0.3 is 5.97 Å². The molecule has 0 bridgehead atoms. The van der Waals surface area contributed by atoms with Gasteiger partial charge in [-0.15, -0.1) is 6.58 Å². The number of carbonyl (C=O) groups is 3. The van der Waals surface area contributed by atoms with Crippen LogP contribution in [-0.4, -0.2) is 37.0 Å². The van der Waals surface area contributed by atoms with E-state index >= 15 is 0 Å². The molecule has 1 unspecified atom stereocenters. The zero-order valence-corrected chi connectivity index (χ0v) is 14.2. The minimum atomic E-state index is -0.818. The molecule has 0 aliphatic heterocycles. The normalized spacial score (nSPS) is 12.8. The van der Waals surface area contributed by atoms with Gasteiger partial charge in [-0.05, 0) is 24.5 Å². The highest BCUT2D eigenvalue weighted by molar-refractivity contribution is 5.98. The van der Waals surface area contributed by atoms with Gasteiger partial charge in [-0.25, -0.2) is 4.79 Å². The lowest BCUT2D eigenvalue weighted by molar-refractivity contribution is -0.146. The van der Waals surface area contributed by atoms with Crippen molar-refractivity contribution in [3.8, 4) is 0 Å². The van der Waals surface area contributed by atoms with Crippen LogP contribution in [0.3, 0.4) is 0 Å². The Hall–Kier alpha value is -2.63. The Bertz CT molecular complexity index is 584. The van der Waals surface area contributed by atoms with E-state index in [1.807, 2.05) is 0 Å². The maximum atomic E-state index is 12.5. The standard InChI is InChI=1S/C18H24N2O4/c1-5-9-14(19-16(21)13-10-7-6-8-11-13)17(22)20-15(12(2)3)18(23)24-4/h5-8,10-12,14-15H,1,9H2,2-4H3,(H,19,21)(H,20,22)/t14?,15-/m0/s1. The molecule has 0 aliphatic carbocycles. The average Bonchev–Trinajstić information content (AvgIpc) is 2.58. The predicted molar refractivity (Wildman–Crippen MR) is 91.3 cm³/mol. The van der Waals surface area contributed by atoms with E-state index in [1.54, 1.807) is 44.2 Å². The largest absolute Gasteiger partial charge is 0.467 e. The second kappa shape index (κ2) is 9.50. The quantitative estimate of drug-likeness (QED) is 0.560. The SMILES string of the molecule is C=CCC(NC(=O)c1ccccc1)C(=O)N[C@H](C(=O)OC)C(C)C. The molecule has 2 amide bonds. The second-order valence-corrected chi connectivity index (χ2v) is 5.67. The van der Waals surface area contributed by atoms with Crippen molar-refractivity contribution in [1.29, 1.82) is 0 Å². The molecule has 130 valence electrons. The van der Waals surface area contributed by atoms with Gasteiger partial charge in [0.2, 0.25) is 5.91 Å². The summed E-state index contributed by atoms with van der Waals surface area (Å²) in [5, 5.41) is 5.29. The van der Waals surface area contributed by atoms with Crippen molar-refractivity contribution in [2.45, 2.75) is 32.4 Å². The van der Waals surface area contributed by atoms with Gasteiger partial charge in [0.1, 0.15) is 12.1 Å². The molecule has 0 aliphatic rings. The third-order valence-corrected chi connectivity index (χ3v) is 3.48. The number of ether oxygens (including phenoxy) is 1. The molecule has 0 fully saturated rings. The summed E-state index contributed by atoms with van der Waals surface area (Å²) in [6.45, 7) is 7.20. The molecule has 0 radical (unpaired) electrons. The van der Waals surface area contributed by atoms with Crippen LogP contribution in [0.2, 0.25) is 0 Å². The molecule has 0 saturated heterocycles. The number of nitrogens with one attached hydrogen (secondary N) is 2. The summed E-state index contributed by atoms with van der Waals surface area (Å²) in [7, 11) is 1.27. The Morgan fingerprint density at radius 3 is 2.29 bits per heavy atom. The second-order valence-electron chi connectivity index (χ2n) is 5.67. The Morgan fingerprint density at radius 2 is 1.79 bits per heavy atom. The lowest BCUT2D eigenvalue weighted by Crippen LogP contribution is -2.53. The molecule has 2 N–H and O–H groups in total. The molecule has 6 nitrogen and oxygen atoms in total. The first-order valence-corrected chi connectivity index (χ1v) is 7.75. The van der Waals surface area contributed by atoms with Crippen molar-refractivity contribution in [2.24, 2.45) is 5.92 Å². The van der Waals surface area contributed by atoms with Gasteiger partial charge in [0.25, 0.3) is 5.91 Å². The summed E-state index contributed by atoms with van der Waals surface area (Å²) < 4.78 is 4.70. The predicted octanol–water partition coefficient (Wildman–Crippen LogP) is 1.67. The first-order chi connectivity index (χ1) is 11.4. The van der Waals surface area contributed by atoms with E-state index in [1.165, 1.54) is 13.2 Å². The number of esters is 1. The van der Waals surface area contributed by atoms with E-state index in [2.05, 4.69) is 17.2 Å². The van der Waals surface area contributed by atoms with Crippen LogP contribution in [0.25, 0.3) is 0 Å². The maximum Gasteiger partial charge on any atom is 0.328 e. The smallest absolute Gasteiger partial charge is 0.328 e. The fraction of sp³-hybridized carbons (Fsp3) is 0.389. The van der Waals surface area contributed by atoms with Crippen molar-refractivity contribution in [3.05, 3.63) is 48.6 Å².